The lowest BCUT2D eigenvalue weighted by atomic mass is 10.1. The van der Waals surface area contributed by atoms with E-state index < -0.39 is 9.84 Å². The normalized spacial score (nSPS) is 12.0. The molecule has 0 aliphatic heterocycles. The summed E-state index contributed by atoms with van der Waals surface area (Å²) in [5.41, 5.74) is 2.73. The van der Waals surface area contributed by atoms with Gasteiger partial charge in [0.05, 0.1) is 20.5 Å². The Morgan fingerprint density at radius 2 is 1.90 bits per heavy atom. The second-order valence-corrected chi connectivity index (χ2v) is 11.5. The molecule has 0 radical (unpaired) electrons. The van der Waals surface area contributed by atoms with E-state index in [1.165, 1.54) is 29.4 Å². The van der Waals surface area contributed by atoms with Crippen LogP contribution in [0.5, 0.6) is 0 Å². The fraction of sp³-hybridized carbons (Fsp3) is 0.0500. The molecule has 9 heteroatoms. The summed E-state index contributed by atoms with van der Waals surface area (Å²) < 4.78 is 26.0. The standard InChI is InChI=1S/C20H13N3O2S4/c1-29(24,25)13-6-4-5-12(9-13)14-10-26-18-17(14)19(22-11-21-18)28-20-23-15-7-2-3-8-16(15)27-20/h2-11H,1H3. The highest BCUT2D eigenvalue weighted by atomic mass is 32.2. The Morgan fingerprint density at radius 1 is 1.03 bits per heavy atom. The van der Waals surface area contributed by atoms with Crippen LogP contribution in [0.1, 0.15) is 0 Å². The lowest BCUT2D eigenvalue weighted by Crippen LogP contribution is -1.96. The van der Waals surface area contributed by atoms with E-state index >= 15 is 0 Å². The van der Waals surface area contributed by atoms with Gasteiger partial charge < -0.3 is 0 Å². The van der Waals surface area contributed by atoms with Gasteiger partial charge in [-0.3, -0.25) is 0 Å². The van der Waals surface area contributed by atoms with Gasteiger partial charge in [0.1, 0.15) is 16.2 Å². The summed E-state index contributed by atoms with van der Waals surface area (Å²) in [5.74, 6) is 0. The first-order valence-electron chi connectivity index (χ1n) is 8.55. The minimum atomic E-state index is -3.28. The maximum absolute atomic E-state index is 12.0. The molecule has 0 spiro atoms. The molecule has 29 heavy (non-hydrogen) atoms. The molecule has 144 valence electrons. The van der Waals surface area contributed by atoms with Crippen molar-refractivity contribution >= 4 is 64.7 Å². The summed E-state index contributed by atoms with van der Waals surface area (Å²) in [6.45, 7) is 0. The molecule has 2 aromatic carbocycles. The van der Waals surface area contributed by atoms with Gasteiger partial charge in [0.2, 0.25) is 0 Å². The van der Waals surface area contributed by atoms with E-state index in [4.69, 9.17) is 4.98 Å². The molecule has 0 bridgehead atoms. The molecule has 5 aromatic rings. The minimum Gasteiger partial charge on any atom is -0.229 e. The fourth-order valence-electron chi connectivity index (χ4n) is 3.01. The third-order valence-corrected chi connectivity index (χ3v) is 8.46. The Hall–Kier alpha value is -2.33. The number of aromatic nitrogens is 3. The average molecular weight is 456 g/mol. The lowest BCUT2D eigenvalue weighted by molar-refractivity contribution is 0.602. The smallest absolute Gasteiger partial charge is 0.175 e. The van der Waals surface area contributed by atoms with Crippen molar-refractivity contribution in [2.45, 2.75) is 14.3 Å². The van der Waals surface area contributed by atoms with Crippen molar-refractivity contribution in [2.75, 3.05) is 6.26 Å². The molecule has 0 amide bonds. The van der Waals surface area contributed by atoms with Crippen LogP contribution in [0.3, 0.4) is 0 Å². The zero-order chi connectivity index (χ0) is 20.0. The molecule has 0 N–H and O–H groups in total. The molecule has 0 aliphatic carbocycles. The summed E-state index contributed by atoms with van der Waals surface area (Å²) in [4.78, 5) is 14.8. The Kier molecular flexibility index (Phi) is 4.62. The van der Waals surface area contributed by atoms with E-state index in [9.17, 15) is 8.42 Å². The Balaban J connectivity index is 1.64. The maximum Gasteiger partial charge on any atom is 0.175 e. The Labute approximate surface area is 179 Å². The zero-order valence-electron chi connectivity index (χ0n) is 15.1. The zero-order valence-corrected chi connectivity index (χ0v) is 18.3. The summed E-state index contributed by atoms with van der Waals surface area (Å²) in [5, 5.41) is 3.74. The molecule has 0 unspecified atom stereocenters. The highest BCUT2D eigenvalue weighted by Gasteiger charge is 2.17. The molecule has 0 atom stereocenters. The summed E-state index contributed by atoms with van der Waals surface area (Å²) in [6.07, 6.45) is 2.78. The molecule has 5 nitrogen and oxygen atoms in total. The van der Waals surface area contributed by atoms with Crippen molar-refractivity contribution in [1.82, 2.24) is 15.0 Å². The van der Waals surface area contributed by atoms with Gasteiger partial charge in [-0.25, -0.2) is 23.4 Å². The fourth-order valence-corrected chi connectivity index (χ4v) is 6.74. The van der Waals surface area contributed by atoms with Crippen LogP contribution in [-0.2, 0) is 9.84 Å². The second-order valence-electron chi connectivity index (χ2n) is 6.36. The maximum atomic E-state index is 12.0. The molecule has 3 aromatic heterocycles. The van der Waals surface area contributed by atoms with Gasteiger partial charge in [-0.2, -0.15) is 0 Å². The molecule has 0 saturated heterocycles. The van der Waals surface area contributed by atoms with E-state index in [-0.39, 0.29) is 0 Å². The van der Waals surface area contributed by atoms with Crippen LogP contribution < -0.4 is 0 Å². The first-order chi connectivity index (χ1) is 14.0. The number of nitrogens with zero attached hydrogens (tertiary/aromatic N) is 3. The Morgan fingerprint density at radius 3 is 2.72 bits per heavy atom. The molecule has 5 rings (SSSR count). The second kappa shape index (κ2) is 7.17. The number of benzene rings is 2. The SMILES string of the molecule is CS(=O)(=O)c1cccc(-c2csc3ncnc(Sc4nc5ccccc5s4)c23)c1. The largest absolute Gasteiger partial charge is 0.229 e. The molecular formula is C20H13N3O2S4. The molecular weight excluding hydrogens is 443 g/mol. The highest BCUT2D eigenvalue weighted by molar-refractivity contribution is 8.01. The van der Waals surface area contributed by atoms with Gasteiger partial charge in [-0.1, -0.05) is 24.3 Å². The van der Waals surface area contributed by atoms with E-state index in [0.717, 1.165) is 40.9 Å². The molecule has 0 fully saturated rings. The van der Waals surface area contributed by atoms with Gasteiger partial charge >= 0.3 is 0 Å². The number of para-hydroxylation sites is 1. The van der Waals surface area contributed by atoms with Crippen LogP contribution in [0.2, 0.25) is 0 Å². The van der Waals surface area contributed by atoms with E-state index in [1.54, 1.807) is 35.9 Å². The summed E-state index contributed by atoms with van der Waals surface area (Å²) >= 11 is 4.66. The van der Waals surface area contributed by atoms with Gasteiger partial charge in [-0.15, -0.1) is 22.7 Å². The molecule has 3 heterocycles. The monoisotopic (exact) mass is 455 g/mol. The number of rotatable bonds is 4. The van der Waals surface area contributed by atoms with Crippen LogP contribution >= 0.6 is 34.4 Å². The van der Waals surface area contributed by atoms with E-state index in [2.05, 4.69) is 16.0 Å². The summed E-state index contributed by atoms with van der Waals surface area (Å²) in [6, 6.07) is 15.0. The van der Waals surface area contributed by atoms with E-state index in [0.29, 0.717) is 4.90 Å². The number of hydrogen-bond acceptors (Lipinski definition) is 8. The number of thiazole rings is 1. The quantitative estimate of drug-likeness (QED) is 0.332. The third-order valence-electron chi connectivity index (χ3n) is 4.37. The molecule has 0 saturated carbocycles. The van der Waals surface area contributed by atoms with Crippen LogP contribution in [-0.4, -0.2) is 29.6 Å². The summed E-state index contributed by atoms with van der Waals surface area (Å²) in [7, 11) is -3.28. The Bertz CT molecular complexity index is 1440. The number of fused-ring (bicyclic) bond motifs is 2. The number of sulfone groups is 1. The first-order valence-corrected chi connectivity index (χ1v) is 13.0. The highest BCUT2D eigenvalue weighted by Crippen LogP contribution is 2.42. The van der Waals surface area contributed by atoms with Crippen LogP contribution in [0.4, 0.5) is 0 Å². The number of hydrogen-bond donors (Lipinski definition) is 0. The van der Waals surface area contributed by atoms with Crippen LogP contribution in [0.15, 0.2) is 74.5 Å². The van der Waals surface area contributed by atoms with Crippen molar-refractivity contribution < 1.29 is 8.42 Å². The lowest BCUT2D eigenvalue weighted by Gasteiger charge is -2.05. The van der Waals surface area contributed by atoms with Crippen LogP contribution in [0.25, 0.3) is 31.6 Å². The van der Waals surface area contributed by atoms with Gasteiger partial charge in [0.15, 0.2) is 14.2 Å². The van der Waals surface area contributed by atoms with Crippen LogP contribution in [0, 0.1) is 0 Å². The van der Waals surface area contributed by atoms with Gasteiger partial charge in [0.25, 0.3) is 0 Å². The van der Waals surface area contributed by atoms with Crippen molar-refractivity contribution in [3.05, 3.63) is 60.2 Å². The number of thiophene rings is 1. The third kappa shape index (κ3) is 3.55. The van der Waals surface area contributed by atoms with E-state index in [1.807, 2.05) is 29.6 Å². The molecule has 0 aliphatic rings. The average Bonchev–Trinajstić information content (AvgIpc) is 3.31. The topological polar surface area (TPSA) is 72.8 Å². The van der Waals surface area contributed by atoms with Crippen molar-refractivity contribution in [1.29, 1.82) is 0 Å². The van der Waals surface area contributed by atoms with Crippen molar-refractivity contribution in [2.24, 2.45) is 0 Å². The van der Waals surface area contributed by atoms with Gasteiger partial charge in [0, 0.05) is 17.2 Å². The predicted octanol–water partition coefficient (Wildman–Crippen LogP) is 5.52. The first kappa shape index (κ1) is 18.7. The minimum absolute atomic E-state index is 0.298. The predicted molar refractivity (Wildman–Crippen MR) is 120 cm³/mol. The van der Waals surface area contributed by atoms with Crippen molar-refractivity contribution in [3.63, 3.8) is 0 Å². The van der Waals surface area contributed by atoms with Crippen molar-refractivity contribution in [3.8, 4) is 11.1 Å². The van der Waals surface area contributed by atoms with Gasteiger partial charge in [-0.05, 0) is 41.6 Å².